The lowest BCUT2D eigenvalue weighted by atomic mass is 9.96. The second kappa shape index (κ2) is 5.04. The van der Waals surface area contributed by atoms with Crippen molar-refractivity contribution in [2.24, 2.45) is 5.92 Å². The van der Waals surface area contributed by atoms with Gasteiger partial charge in [-0.3, -0.25) is 0 Å². The van der Waals surface area contributed by atoms with Crippen LogP contribution in [0.2, 0.25) is 4.34 Å². The SMILES string of the molecule is OC(Cc1ccc(Cl)s1)C1Cc2ccccc2C1. The molecule has 1 aliphatic rings. The number of benzene rings is 1. The minimum atomic E-state index is -0.271. The van der Waals surface area contributed by atoms with Crippen LogP contribution in [-0.4, -0.2) is 11.2 Å². The van der Waals surface area contributed by atoms with Gasteiger partial charge in [0.05, 0.1) is 10.4 Å². The third-order valence-corrected chi connectivity index (χ3v) is 4.92. The molecule has 0 radical (unpaired) electrons. The van der Waals surface area contributed by atoms with Gasteiger partial charge in [0.25, 0.3) is 0 Å². The molecule has 1 aromatic heterocycles. The summed E-state index contributed by atoms with van der Waals surface area (Å²) in [6.07, 6.45) is 2.44. The minimum absolute atomic E-state index is 0.271. The normalized spacial score (nSPS) is 16.8. The quantitative estimate of drug-likeness (QED) is 0.907. The van der Waals surface area contributed by atoms with Crippen LogP contribution in [0.15, 0.2) is 36.4 Å². The molecule has 1 aliphatic carbocycles. The van der Waals surface area contributed by atoms with E-state index in [2.05, 4.69) is 24.3 Å². The van der Waals surface area contributed by atoms with Gasteiger partial charge in [-0.1, -0.05) is 35.9 Å². The second-order valence-electron chi connectivity index (χ2n) is 4.91. The van der Waals surface area contributed by atoms with Gasteiger partial charge in [-0.15, -0.1) is 11.3 Å². The zero-order valence-corrected chi connectivity index (χ0v) is 11.5. The number of rotatable bonds is 3. The summed E-state index contributed by atoms with van der Waals surface area (Å²) in [5, 5.41) is 10.3. The Kier molecular flexibility index (Phi) is 3.42. The maximum Gasteiger partial charge on any atom is 0.0931 e. The molecule has 94 valence electrons. The van der Waals surface area contributed by atoms with Crippen LogP contribution in [-0.2, 0) is 19.3 Å². The van der Waals surface area contributed by atoms with E-state index >= 15 is 0 Å². The average Bonchev–Trinajstić information content (AvgIpc) is 2.95. The van der Waals surface area contributed by atoms with E-state index in [1.165, 1.54) is 16.0 Å². The van der Waals surface area contributed by atoms with Gasteiger partial charge in [0.15, 0.2) is 0 Å². The van der Waals surface area contributed by atoms with Crippen LogP contribution in [0.5, 0.6) is 0 Å². The maximum atomic E-state index is 10.3. The number of hydrogen-bond acceptors (Lipinski definition) is 2. The second-order valence-corrected chi connectivity index (χ2v) is 6.71. The number of thiophene rings is 1. The van der Waals surface area contributed by atoms with E-state index in [9.17, 15) is 5.11 Å². The fourth-order valence-electron chi connectivity index (χ4n) is 2.70. The molecule has 3 heteroatoms. The summed E-state index contributed by atoms with van der Waals surface area (Å²) in [5.74, 6) is 0.350. The van der Waals surface area contributed by atoms with Crippen LogP contribution in [0.1, 0.15) is 16.0 Å². The molecule has 1 aromatic carbocycles. The lowest BCUT2D eigenvalue weighted by Crippen LogP contribution is -2.22. The first-order chi connectivity index (χ1) is 8.72. The highest BCUT2D eigenvalue weighted by Crippen LogP contribution is 2.31. The first-order valence-electron chi connectivity index (χ1n) is 6.21. The fourth-order valence-corrected chi connectivity index (χ4v) is 3.84. The van der Waals surface area contributed by atoms with Crippen LogP contribution in [0.3, 0.4) is 0 Å². The molecule has 1 unspecified atom stereocenters. The van der Waals surface area contributed by atoms with E-state index in [0.29, 0.717) is 5.92 Å². The third-order valence-electron chi connectivity index (χ3n) is 3.67. The molecule has 0 saturated heterocycles. The summed E-state index contributed by atoms with van der Waals surface area (Å²) in [6.45, 7) is 0. The van der Waals surface area contributed by atoms with E-state index in [4.69, 9.17) is 11.6 Å². The van der Waals surface area contributed by atoms with Gasteiger partial charge in [-0.05, 0) is 42.0 Å². The summed E-state index contributed by atoms with van der Waals surface area (Å²) in [5.41, 5.74) is 2.79. The monoisotopic (exact) mass is 278 g/mol. The Morgan fingerprint density at radius 2 is 1.83 bits per heavy atom. The van der Waals surface area contributed by atoms with Crippen molar-refractivity contribution in [3.63, 3.8) is 0 Å². The molecule has 1 N–H and O–H groups in total. The van der Waals surface area contributed by atoms with Crippen LogP contribution < -0.4 is 0 Å². The van der Waals surface area contributed by atoms with Crippen molar-refractivity contribution >= 4 is 22.9 Å². The average molecular weight is 279 g/mol. The van der Waals surface area contributed by atoms with E-state index in [0.717, 1.165) is 23.6 Å². The highest BCUT2D eigenvalue weighted by molar-refractivity contribution is 7.16. The number of halogens is 1. The van der Waals surface area contributed by atoms with Crippen molar-refractivity contribution < 1.29 is 5.11 Å². The molecule has 0 bridgehead atoms. The Morgan fingerprint density at radius 1 is 1.17 bits per heavy atom. The number of aliphatic hydroxyl groups is 1. The summed E-state index contributed by atoms with van der Waals surface area (Å²) in [7, 11) is 0. The van der Waals surface area contributed by atoms with Gasteiger partial charge < -0.3 is 5.11 Å². The van der Waals surface area contributed by atoms with Gasteiger partial charge in [0, 0.05) is 11.3 Å². The van der Waals surface area contributed by atoms with Crippen LogP contribution in [0.25, 0.3) is 0 Å². The standard InChI is InChI=1S/C15H15ClOS/c16-15-6-5-13(18-15)9-14(17)12-7-10-3-1-2-4-11(10)8-12/h1-6,12,14,17H,7-9H2. The molecular formula is C15H15ClOS. The van der Waals surface area contributed by atoms with Crippen molar-refractivity contribution in [3.05, 3.63) is 56.7 Å². The maximum absolute atomic E-state index is 10.3. The topological polar surface area (TPSA) is 20.2 Å². The number of aliphatic hydroxyl groups excluding tert-OH is 1. The Bertz CT molecular complexity index is 524. The molecule has 18 heavy (non-hydrogen) atoms. The van der Waals surface area contributed by atoms with E-state index < -0.39 is 0 Å². The zero-order valence-electron chi connectivity index (χ0n) is 9.97. The Labute approximate surface area is 116 Å². The molecule has 2 aromatic rings. The van der Waals surface area contributed by atoms with Crippen molar-refractivity contribution in [2.75, 3.05) is 0 Å². The number of fused-ring (bicyclic) bond motifs is 1. The lowest BCUT2D eigenvalue weighted by molar-refractivity contribution is 0.113. The predicted molar refractivity (Wildman–Crippen MR) is 76.4 cm³/mol. The molecular weight excluding hydrogens is 264 g/mol. The van der Waals surface area contributed by atoms with Gasteiger partial charge in [0.2, 0.25) is 0 Å². The first kappa shape index (κ1) is 12.2. The molecule has 0 aliphatic heterocycles. The van der Waals surface area contributed by atoms with Crippen molar-refractivity contribution in [1.82, 2.24) is 0 Å². The van der Waals surface area contributed by atoms with Crippen LogP contribution in [0, 0.1) is 5.92 Å². The van der Waals surface area contributed by atoms with Crippen molar-refractivity contribution in [2.45, 2.75) is 25.4 Å². The van der Waals surface area contributed by atoms with Crippen LogP contribution >= 0.6 is 22.9 Å². The number of hydrogen-bond donors (Lipinski definition) is 1. The molecule has 3 rings (SSSR count). The summed E-state index contributed by atoms with van der Waals surface area (Å²) in [6, 6.07) is 12.4. The molecule has 0 fully saturated rings. The van der Waals surface area contributed by atoms with Crippen LogP contribution in [0.4, 0.5) is 0 Å². The molecule has 0 saturated carbocycles. The summed E-state index contributed by atoms with van der Waals surface area (Å²) >= 11 is 7.48. The minimum Gasteiger partial charge on any atom is -0.392 e. The van der Waals surface area contributed by atoms with E-state index in [1.807, 2.05) is 12.1 Å². The molecule has 1 atom stereocenters. The highest BCUT2D eigenvalue weighted by atomic mass is 35.5. The Morgan fingerprint density at radius 3 is 2.39 bits per heavy atom. The van der Waals surface area contributed by atoms with Gasteiger partial charge >= 0.3 is 0 Å². The Balaban J connectivity index is 1.67. The van der Waals surface area contributed by atoms with Crippen molar-refractivity contribution in [1.29, 1.82) is 0 Å². The highest BCUT2D eigenvalue weighted by Gasteiger charge is 2.27. The molecule has 1 heterocycles. The third kappa shape index (κ3) is 2.46. The fraction of sp³-hybridized carbons (Fsp3) is 0.333. The molecule has 0 spiro atoms. The van der Waals surface area contributed by atoms with Crippen molar-refractivity contribution in [3.8, 4) is 0 Å². The van der Waals surface area contributed by atoms with E-state index in [1.54, 1.807) is 11.3 Å². The molecule has 1 nitrogen and oxygen atoms in total. The first-order valence-corrected chi connectivity index (χ1v) is 7.41. The van der Waals surface area contributed by atoms with Gasteiger partial charge in [-0.25, -0.2) is 0 Å². The van der Waals surface area contributed by atoms with Gasteiger partial charge in [0.1, 0.15) is 0 Å². The largest absolute Gasteiger partial charge is 0.392 e. The molecule has 0 amide bonds. The smallest absolute Gasteiger partial charge is 0.0931 e. The lowest BCUT2D eigenvalue weighted by Gasteiger charge is -2.16. The summed E-state index contributed by atoms with van der Waals surface area (Å²) in [4.78, 5) is 1.17. The zero-order chi connectivity index (χ0) is 12.5. The Hall–Kier alpha value is -0.830. The summed E-state index contributed by atoms with van der Waals surface area (Å²) < 4.78 is 0.798. The van der Waals surface area contributed by atoms with Gasteiger partial charge in [-0.2, -0.15) is 0 Å². The van der Waals surface area contributed by atoms with E-state index in [-0.39, 0.29) is 6.10 Å². The predicted octanol–water partition coefficient (Wildman–Crippen LogP) is 3.72.